The van der Waals surface area contributed by atoms with E-state index in [1.54, 1.807) is 0 Å². The highest BCUT2D eigenvalue weighted by Crippen LogP contribution is 2.28. The van der Waals surface area contributed by atoms with Gasteiger partial charge in [-0.3, -0.25) is 0 Å². The van der Waals surface area contributed by atoms with Crippen molar-refractivity contribution in [1.82, 2.24) is 15.4 Å². The van der Waals surface area contributed by atoms with Crippen LogP contribution in [-0.4, -0.2) is 41.9 Å². The highest BCUT2D eigenvalue weighted by Gasteiger charge is 2.27. The Labute approximate surface area is 166 Å². The van der Waals surface area contributed by atoms with Crippen molar-refractivity contribution in [1.29, 1.82) is 0 Å². The number of ether oxygens (including phenoxy) is 1. The first-order valence-electron chi connectivity index (χ1n) is 10.3. The number of benzene rings is 1. The van der Waals surface area contributed by atoms with E-state index in [1.807, 2.05) is 35.2 Å². The van der Waals surface area contributed by atoms with Crippen LogP contribution in [0.2, 0.25) is 0 Å². The molecule has 0 radical (unpaired) electrons. The molecule has 2 amide bonds. The number of amides is 2. The number of hydrogen-bond donors (Lipinski definition) is 1. The second kappa shape index (κ2) is 8.78. The molecule has 1 aliphatic carbocycles. The van der Waals surface area contributed by atoms with Gasteiger partial charge in [-0.05, 0) is 38.5 Å². The summed E-state index contributed by atoms with van der Waals surface area (Å²) in [6.45, 7) is 4.72. The summed E-state index contributed by atoms with van der Waals surface area (Å²) >= 11 is 0. The van der Waals surface area contributed by atoms with Crippen LogP contribution in [0.5, 0.6) is 0 Å². The van der Waals surface area contributed by atoms with E-state index in [-0.39, 0.29) is 12.1 Å². The molecule has 4 rings (SSSR count). The quantitative estimate of drug-likeness (QED) is 0.780. The maximum absolute atomic E-state index is 12.8. The summed E-state index contributed by atoms with van der Waals surface area (Å²) in [5.74, 6) is 1.35. The highest BCUT2D eigenvalue weighted by atomic mass is 16.5. The van der Waals surface area contributed by atoms with E-state index < -0.39 is 0 Å². The van der Waals surface area contributed by atoms with Gasteiger partial charge in [0, 0.05) is 31.3 Å². The maximum atomic E-state index is 12.8. The van der Waals surface area contributed by atoms with Crippen molar-refractivity contribution >= 4 is 6.03 Å². The minimum Gasteiger partial charge on any atom is -0.376 e. The van der Waals surface area contributed by atoms with Crippen LogP contribution in [0.1, 0.15) is 43.4 Å². The molecule has 1 aromatic heterocycles. The Bertz CT molecular complexity index is 777. The zero-order valence-corrected chi connectivity index (χ0v) is 16.5. The number of carbonyl (C=O) groups is 1. The third-order valence-corrected chi connectivity index (χ3v) is 5.75. The molecule has 0 spiro atoms. The predicted octanol–water partition coefficient (Wildman–Crippen LogP) is 4.14. The van der Waals surface area contributed by atoms with Gasteiger partial charge in [0.05, 0.1) is 12.6 Å². The topological polar surface area (TPSA) is 67.6 Å². The largest absolute Gasteiger partial charge is 0.376 e. The highest BCUT2D eigenvalue weighted by molar-refractivity contribution is 5.74. The van der Waals surface area contributed by atoms with E-state index in [4.69, 9.17) is 9.26 Å². The van der Waals surface area contributed by atoms with E-state index in [0.29, 0.717) is 19.0 Å². The van der Waals surface area contributed by atoms with Gasteiger partial charge < -0.3 is 19.5 Å². The molecule has 1 saturated carbocycles. The smallest absolute Gasteiger partial charge is 0.317 e. The molecule has 0 bridgehead atoms. The lowest BCUT2D eigenvalue weighted by Crippen LogP contribution is -2.46. The van der Waals surface area contributed by atoms with Crippen molar-refractivity contribution in [2.75, 3.05) is 19.7 Å². The predicted molar refractivity (Wildman–Crippen MR) is 107 cm³/mol. The number of nitrogens with zero attached hydrogens (tertiary/aromatic N) is 2. The fourth-order valence-electron chi connectivity index (χ4n) is 3.79. The van der Waals surface area contributed by atoms with Gasteiger partial charge in [0.2, 0.25) is 0 Å². The van der Waals surface area contributed by atoms with Crippen molar-refractivity contribution in [2.24, 2.45) is 5.92 Å². The van der Waals surface area contributed by atoms with Crippen LogP contribution in [0, 0.1) is 12.8 Å². The Hall–Kier alpha value is -2.34. The second-order valence-corrected chi connectivity index (χ2v) is 8.04. The summed E-state index contributed by atoms with van der Waals surface area (Å²) in [6, 6.07) is 9.97. The molecular weight excluding hydrogens is 354 g/mol. The zero-order chi connectivity index (χ0) is 19.3. The first kappa shape index (κ1) is 19.0. The van der Waals surface area contributed by atoms with Gasteiger partial charge >= 0.3 is 6.03 Å². The van der Waals surface area contributed by atoms with E-state index in [9.17, 15) is 4.79 Å². The molecule has 2 fully saturated rings. The molecule has 1 aromatic carbocycles. The molecule has 1 aliphatic heterocycles. The lowest BCUT2D eigenvalue weighted by molar-refractivity contribution is 0.0720. The SMILES string of the molecule is Cc1ccc(-c2cc(CNC(=O)N(CC3CCC3)CC3CCCO3)no2)cc1. The van der Waals surface area contributed by atoms with Crippen LogP contribution in [0.3, 0.4) is 0 Å². The first-order chi connectivity index (χ1) is 13.7. The molecule has 6 nitrogen and oxygen atoms in total. The van der Waals surface area contributed by atoms with Crippen LogP contribution in [0.25, 0.3) is 11.3 Å². The summed E-state index contributed by atoms with van der Waals surface area (Å²) in [7, 11) is 0. The van der Waals surface area contributed by atoms with Gasteiger partial charge in [-0.15, -0.1) is 0 Å². The minimum absolute atomic E-state index is 0.0396. The van der Waals surface area contributed by atoms with Gasteiger partial charge in [0.15, 0.2) is 5.76 Å². The van der Waals surface area contributed by atoms with Crippen LogP contribution < -0.4 is 5.32 Å². The average Bonchev–Trinajstić information content (AvgIpc) is 3.34. The molecule has 150 valence electrons. The molecular formula is C22H29N3O3. The number of aryl methyl sites for hydroxylation is 1. The van der Waals surface area contributed by atoms with Gasteiger partial charge in [-0.2, -0.15) is 0 Å². The number of hydrogen-bond acceptors (Lipinski definition) is 4. The van der Waals surface area contributed by atoms with Crippen molar-refractivity contribution in [3.63, 3.8) is 0 Å². The molecule has 1 unspecified atom stereocenters. The monoisotopic (exact) mass is 383 g/mol. The standard InChI is InChI=1S/C22H29N3O3/c1-16-7-9-18(10-8-16)21-12-19(24-28-21)13-23-22(26)25(14-17-4-2-5-17)15-20-6-3-11-27-20/h7-10,12,17,20H,2-6,11,13-15H2,1H3,(H,23,26). The summed E-state index contributed by atoms with van der Waals surface area (Å²) in [5, 5.41) is 7.11. The lowest BCUT2D eigenvalue weighted by atomic mass is 9.85. The summed E-state index contributed by atoms with van der Waals surface area (Å²) in [5.41, 5.74) is 2.92. The van der Waals surface area contributed by atoms with Crippen molar-refractivity contribution in [3.8, 4) is 11.3 Å². The van der Waals surface area contributed by atoms with E-state index in [1.165, 1.54) is 24.8 Å². The normalized spacial score (nSPS) is 19.4. The van der Waals surface area contributed by atoms with Gasteiger partial charge in [-0.1, -0.05) is 41.4 Å². The molecule has 28 heavy (non-hydrogen) atoms. The van der Waals surface area contributed by atoms with Crippen LogP contribution in [0.4, 0.5) is 4.79 Å². The maximum Gasteiger partial charge on any atom is 0.317 e. The third kappa shape index (κ3) is 4.73. The Morgan fingerprint density at radius 1 is 1.18 bits per heavy atom. The number of rotatable bonds is 7. The molecule has 2 aliphatic rings. The van der Waals surface area contributed by atoms with Crippen LogP contribution in [0.15, 0.2) is 34.9 Å². The van der Waals surface area contributed by atoms with Crippen molar-refractivity contribution < 1.29 is 14.1 Å². The van der Waals surface area contributed by atoms with Gasteiger partial charge in [0.1, 0.15) is 5.69 Å². The second-order valence-electron chi connectivity index (χ2n) is 8.04. The summed E-state index contributed by atoms with van der Waals surface area (Å²) in [6.07, 6.45) is 6.02. The Balaban J connectivity index is 1.33. The zero-order valence-electron chi connectivity index (χ0n) is 16.5. The molecule has 1 N–H and O–H groups in total. The number of carbonyl (C=O) groups excluding carboxylic acids is 1. The number of nitrogens with one attached hydrogen (secondary N) is 1. The fraction of sp³-hybridized carbons (Fsp3) is 0.545. The first-order valence-corrected chi connectivity index (χ1v) is 10.3. The molecule has 1 atom stereocenters. The Morgan fingerprint density at radius 2 is 2.00 bits per heavy atom. The fourth-order valence-corrected chi connectivity index (χ4v) is 3.79. The number of aromatic nitrogens is 1. The van der Waals surface area contributed by atoms with Gasteiger partial charge in [0.25, 0.3) is 0 Å². The minimum atomic E-state index is -0.0396. The molecule has 2 heterocycles. The third-order valence-electron chi connectivity index (χ3n) is 5.75. The van der Waals surface area contributed by atoms with E-state index in [0.717, 1.165) is 43.0 Å². The van der Waals surface area contributed by atoms with Crippen molar-refractivity contribution in [3.05, 3.63) is 41.6 Å². The summed E-state index contributed by atoms with van der Waals surface area (Å²) < 4.78 is 11.2. The van der Waals surface area contributed by atoms with Crippen molar-refractivity contribution in [2.45, 2.75) is 51.7 Å². The van der Waals surface area contributed by atoms with Crippen LogP contribution >= 0.6 is 0 Å². The van der Waals surface area contributed by atoms with E-state index in [2.05, 4.69) is 17.4 Å². The number of urea groups is 1. The molecule has 1 saturated heterocycles. The van der Waals surface area contributed by atoms with Crippen LogP contribution in [-0.2, 0) is 11.3 Å². The Kier molecular flexibility index (Phi) is 5.95. The lowest BCUT2D eigenvalue weighted by Gasteiger charge is -2.33. The average molecular weight is 383 g/mol. The molecule has 2 aromatic rings. The van der Waals surface area contributed by atoms with Gasteiger partial charge in [-0.25, -0.2) is 4.79 Å². The summed E-state index contributed by atoms with van der Waals surface area (Å²) in [4.78, 5) is 14.7. The Morgan fingerprint density at radius 3 is 2.68 bits per heavy atom. The molecule has 6 heteroatoms. The van der Waals surface area contributed by atoms with E-state index >= 15 is 0 Å².